The van der Waals surface area contributed by atoms with Gasteiger partial charge in [0.1, 0.15) is 22.8 Å². The number of nitrogens with zero attached hydrogens (tertiary/aromatic N) is 1. The summed E-state index contributed by atoms with van der Waals surface area (Å²) in [5.41, 5.74) is 2.11. The minimum atomic E-state index is -0.647. The smallest absolute Gasteiger partial charge is 0.239 e. The van der Waals surface area contributed by atoms with E-state index in [9.17, 15) is 9.59 Å². The summed E-state index contributed by atoms with van der Waals surface area (Å²) in [4.78, 5) is 26.5. The van der Waals surface area contributed by atoms with Crippen LogP contribution in [-0.2, 0) is 9.59 Å². The Morgan fingerprint density at radius 1 is 1.27 bits per heavy atom. The number of amides is 2. The summed E-state index contributed by atoms with van der Waals surface area (Å²) in [6.07, 6.45) is 0.492. The summed E-state index contributed by atoms with van der Waals surface area (Å²) in [5, 5.41) is 4.67. The van der Waals surface area contributed by atoms with Gasteiger partial charge in [0.25, 0.3) is 0 Å². The Morgan fingerprint density at radius 3 is 2.85 bits per heavy atom. The van der Waals surface area contributed by atoms with Crippen LogP contribution < -0.4 is 15.0 Å². The van der Waals surface area contributed by atoms with E-state index in [1.165, 1.54) is 0 Å². The van der Waals surface area contributed by atoms with Crippen molar-refractivity contribution >= 4 is 39.4 Å². The molecule has 1 aliphatic rings. The van der Waals surface area contributed by atoms with Gasteiger partial charge in [0.15, 0.2) is 0 Å². The van der Waals surface area contributed by atoms with Gasteiger partial charge in [-0.25, -0.2) is 0 Å². The molecule has 134 valence electrons. The van der Waals surface area contributed by atoms with Crippen molar-refractivity contribution in [3.05, 3.63) is 36.4 Å². The normalized spacial score (nSPS) is 17.2. The van der Waals surface area contributed by atoms with Gasteiger partial charge in [-0.05, 0) is 25.5 Å². The number of carbonyl (C=O) groups is 2. The topological polar surface area (TPSA) is 71.8 Å². The molecular weight excluding hydrogens is 332 g/mol. The van der Waals surface area contributed by atoms with Gasteiger partial charge in [0.2, 0.25) is 11.8 Å². The van der Waals surface area contributed by atoms with E-state index in [0.29, 0.717) is 36.5 Å². The van der Waals surface area contributed by atoms with Gasteiger partial charge in [-0.3, -0.25) is 9.59 Å². The van der Waals surface area contributed by atoms with Crippen molar-refractivity contribution in [2.24, 2.45) is 5.92 Å². The highest BCUT2D eigenvalue weighted by Gasteiger charge is 2.38. The Kier molecular flexibility index (Phi) is 4.03. The quantitative estimate of drug-likeness (QED) is 0.733. The molecule has 0 spiro atoms. The molecule has 6 heteroatoms. The third-order valence-electron chi connectivity index (χ3n) is 4.84. The van der Waals surface area contributed by atoms with Crippen LogP contribution in [0.1, 0.15) is 13.3 Å². The highest BCUT2D eigenvalue weighted by atomic mass is 16.5. The van der Waals surface area contributed by atoms with E-state index in [1.807, 2.05) is 43.3 Å². The molecule has 0 saturated carbocycles. The molecule has 2 amide bonds. The van der Waals surface area contributed by atoms with E-state index in [1.54, 1.807) is 12.0 Å². The zero-order valence-electron chi connectivity index (χ0n) is 14.7. The first-order chi connectivity index (χ1) is 12.6. The predicted molar refractivity (Wildman–Crippen MR) is 99.4 cm³/mol. The first-order valence-electron chi connectivity index (χ1n) is 8.72. The molecular formula is C20H20N2O4. The summed E-state index contributed by atoms with van der Waals surface area (Å²) in [6.45, 7) is 2.83. The Labute approximate surface area is 150 Å². The van der Waals surface area contributed by atoms with E-state index >= 15 is 0 Å². The van der Waals surface area contributed by atoms with Gasteiger partial charge in [0.05, 0.1) is 12.8 Å². The average Bonchev–Trinajstić information content (AvgIpc) is 3.20. The number of fused-ring (bicyclic) bond motifs is 3. The standard InChI is InChI=1S/C20H20N2O4/c1-3-21-19(23)13-8-9-22(20(13)24)15-11-17-14(10-18(15)25-2)12-6-4-5-7-16(12)26-17/h4-7,10-11,13H,3,8-9H2,1-2H3,(H,21,23)/t13-/m0/s1. The van der Waals surface area contributed by atoms with Crippen LogP contribution in [-0.4, -0.2) is 32.0 Å². The zero-order chi connectivity index (χ0) is 18.3. The number of rotatable bonds is 4. The first-order valence-corrected chi connectivity index (χ1v) is 8.72. The van der Waals surface area contributed by atoms with Crippen LogP contribution in [0.4, 0.5) is 5.69 Å². The van der Waals surface area contributed by atoms with Crippen molar-refractivity contribution in [3.8, 4) is 5.75 Å². The fraction of sp³-hybridized carbons (Fsp3) is 0.300. The maximum atomic E-state index is 12.8. The van der Waals surface area contributed by atoms with Crippen LogP contribution in [0.15, 0.2) is 40.8 Å². The molecule has 1 N–H and O–H groups in total. The van der Waals surface area contributed by atoms with Gasteiger partial charge >= 0.3 is 0 Å². The van der Waals surface area contributed by atoms with Crippen LogP contribution in [0.2, 0.25) is 0 Å². The molecule has 0 radical (unpaired) electrons. The molecule has 0 aliphatic carbocycles. The predicted octanol–water partition coefficient (Wildman–Crippen LogP) is 3.08. The van der Waals surface area contributed by atoms with Crippen molar-refractivity contribution in [2.45, 2.75) is 13.3 Å². The van der Waals surface area contributed by atoms with Gasteiger partial charge in [-0.2, -0.15) is 0 Å². The molecule has 0 bridgehead atoms. The molecule has 1 aliphatic heterocycles. The number of hydrogen-bond acceptors (Lipinski definition) is 4. The minimum absolute atomic E-state index is 0.204. The molecule has 1 fully saturated rings. The lowest BCUT2D eigenvalue weighted by Gasteiger charge is -2.19. The highest BCUT2D eigenvalue weighted by molar-refractivity contribution is 6.12. The number of methoxy groups -OCH3 is 1. The maximum absolute atomic E-state index is 12.8. The molecule has 4 rings (SSSR count). The van der Waals surface area contributed by atoms with Gasteiger partial charge in [-0.15, -0.1) is 0 Å². The van der Waals surface area contributed by atoms with Crippen LogP contribution >= 0.6 is 0 Å². The van der Waals surface area contributed by atoms with Gasteiger partial charge < -0.3 is 19.4 Å². The monoisotopic (exact) mass is 352 g/mol. The molecule has 1 saturated heterocycles. The maximum Gasteiger partial charge on any atom is 0.239 e. The number of ether oxygens (including phenoxy) is 1. The molecule has 26 heavy (non-hydrogen) atoms. The second-order valence-corrected chi connectivity index (χ2v) is 6.34. The van der Waals surface area contributed by atoms with Crippen molar-refractivity contribution in [1.82, 2.24) is 5.32 Å². The molecule has 0 unspecified atom stereocenters. The number of anilines is 1. The fourth-order valence-corrected chi connectivity index (χ4v) is 3.58. The summed E-state index contributed by atoms with van der Waals surface area (Å²) < 4.78 is 11.5. The zero-order valence-corrected chi connectivity index (χ0v) is 14.7. The number of nitrogens with one attached hydrogen (secondary N) is 1. The summed E-state index contributed by atoms with van der Waals surface area (Å²) in [6, 6.07) is 11.5. The average molecular weight is 352 g/mol. The fourth-order valence-electron chi connectivity index (χ4n) is 3.58. The first kappa shape index (κ1) is 16.4. The lowest BCUT2D eigenvalue weighted by Crippen LogP contribution is -2.36. The molecule has 3 aromatic rings. The van der Waals surface area contributed by atoms with Crippen LogP contribution in [0.3, 0.4) is 0 Å². The Balaban J connectivity index is 1.77. The third-order valence-corrected chi connectivity index (χ3v) is 4.84. The highest BCUT2D eigenvalue weighted by Crippen LogP contribution is 2.40. The number of carbonyl (C=O) groups excluding carboxylic acids is 2. The number of furan rings is 1. The van der Waals surface area contributed by atoms with Gasteiger partial charge in [-0.1, -0.05) is 18.2 Å². The SMILES string of the molecule is CCNC(=O)[C@@H]1CCN(c2cc3oc4ccccc4c3cc2OC)C1=O. The van der Waals surface area contributed by atoms with Crippen molar-refractivity contribution < 1.29 is 18.7 Å². The third kappa shape index (κ3) is 2.49. The number of hydrogen-bond donors (Lipinski definition) is 1. The second-order valence-electron chi connectivity index (χ2n) is 6.34. The molecule has 1 aromatic heterocycles. The Morgan fingerprint density at radius 2 is 2.08 bits per heavy atom. The molecule has 6 nitrogen and oxygen atoms in total. The lowest BCUT2D eigenvalue weighted by atomic mass is 10.1. The second kappa shape index (κ2) is 6.37. The largest absolute Gasteiger partial charge is 0.495 e. The Bertz CT molecular complexity index is 1010. The lowest BCUT2D eigenvalue weighted by molar-refractivity contribution is -0.132. The molecule has 2 aromatic carbocycles. The van der Waals surface area contributed by atoms with E-state index in [2.05, 4.69) is 5.32 Å². The van der Waals surface area contributed by atoms with Crippen molar-refractivity contribution in [3.63, 3.8) is 0 Å². The van der Waals surface area contributed by atoms with Crippen LogP contribution in [0.25, 0.3) is 21.9 Å². The molecule has 1 atom stereocenters. The molecule has 2 heterocycles. The van der Waals surface area contributed by atoms with Gasteiger partial charge in [0, 0.05) is 29.9 Å². The number of benzene rings is 2. The van der Waals surface area contributed by atoms with Crippen molar-refractivity contribution in [1.29, 1.82) is 0 Å². The van der Waals surface area contributed by atoms with Crippen LogP contribution in [0, 0.1) is 5.92 Å². The number of para-hydroxylation sites is 1. The van der Waals surface area contributed by atoms with Crippen LogP contribution in [0.5, 0.6) is 5.75 Å². The summed E-state index contributed by atoms with van der Waals surface area (Å²) in [5.74, 6) is -0.478. The minimum Gasteiger partial charge on any atom is -0.495 e. The summed E-state index contributed by atoms with van der Waals surface area (Å²) in [7, 11) is 1.58. The van der Waals surface area contributed by atoms with E-state index in [-0.39, 0.29) is 11.8 Å². The van der Waals surface area contributed by atoms with E-state index in [0.717, 1.165) is 16.4 Å². The summed E-state index contributed by atoms with van der Waals surface area (Å²) >= 11 is 0. The van der Waals surface area contributed by atoms with Crippen molar-refractivity contribution in [2.75, 3.05) is 25.1 Å². The van der Waals surface area contributed by atoms with E-state index < -0.39 is 5.92 Å². The Hall–Kier alpha value is -3.02. The van der Waals surface area contributed by atoms with E-state index in [4.69, 9.17) is 9.15 Å².